The van der Waals surface area contributed by atoms with Crippen LogP contribution in [-0.2, 0) is 16.3 Å². The topological polar surface area (TPSA) is 66.4 Å². The lowest BCUT2D eigenvalue weighted by atomic mass is 9.87. The number of sulfone groups is 1. The van der Waals surface area contributed by atoms with Crippen molar-refractivity contribution in [3.8, 4) is 5.75 Å². The van der Waals surface area contributed by atoms with E-state index < -0.39 is 9.84 Å². The fourth-order valence-electron chi connectivity index (χ4n) is 2.62. The molecular formula is C14H21NO3S. The molecule has 106 valence electrons. The van der Waals surface area contributed by atoms with Crippen molar-refractivity contribution in [2.45, 2.75) is 31.7 Å². The van der Waals surface area contributed by atoms with Crippen molar-refractivity contribution in [1.82, 2.24) is 5.32 Å². The number of nitrogens with one attached hydrogen (secondary N) is 1. The second-order valence-corrected chi connectivity index (χ2v) is 7.53. The zero-order chi connectivity index (χ0) is 13.9. The van der Waals surface area contributed by atoms with Crippen molar-refractivity contribution in [1.29, 1.82) is 0 Å². The summed E-state index contributed by atoms with van der Waals surface area (Å²) in [6, 6.07) is 5.80. The van der Waals surface area contributed by atoms with Gasteiger partial charge in [0.05, 0.1) is 5.75 Å². The standard InChI is InChI=1S/C14H21NO3S/c1-19(17,18)9-3-8-15-14-5-2-4-11-10-12(16)6-7-13(11)14/h6-7,10,14-16H,2-5,8-9H2,1H3. The normalized spacial score (nSPS) is 19.1. The molecule has 1 aliphatic rings. The van der Waals surface area contributed by atoms with E-state index in [0.717, 1.165) is 19.3 Å². The average molecular weight is 283 g/mol. The van der Waals surface area contributed by atoms with Crippen LogP contribution in [0.5, 0.6) is 5.75 Å². The monoisotopic (exact) mass is 283 g/mol. The molecule has 0 amide bonds. The van der Waals surface area contributed by atoms with Gasteiger partial charge in [0.15, 0.2) is 0 Å². The number of aryl methyl sites for hydroxylation is 1. The maximum absolute atomic E-state index is 11.1. The summed E-state index contributed by atoms with van der Waals surface area (Å²) < 4.78 is 22.1. The van der Waals surface area contributed by atoms with Crippen LogP contribution in [0, 0.1) is 0 Å². The Balaban J connectivity index is 1.93. The molecule has 5 heteroatoms. The van der Waals surface area contributed by atoms with E-state index in [4.69, 9.17) is 0 Å². The maximum Gasteiger partial charge on any atom is 0.147 e. The van der Waals surface area contributed by atoms with E-state index in [1.807, 2.05) is 12.1 Å². The van der Waals surface area contributed by atoms with Crippen molar-refractivity contribution < 1.29 is 13.5 Å². The van der Waals surface area contributed by atoms with Crippen LogP contribution in [0.1, 0.15) is 36.4 Å². The van der Waals surface area contributed by atoms with Gasteiger partial charge in [-0.25, -0.2) is 8.42 Å². The molecule has 1 aromatic rings. The Labute approximate surface area is 114 Å². The van der Waals surface area contributed by atoms with E-state index in [1.54, 1.807) is 6.07 Å². The fraction of sp³-hybridized carbons (Fsp3) is 0.571. The molecule has 0 aromatic heterocycles. The first-order valence-electron chi connectivity index (χ1n) is 6.68. The molecule has 0 bridgehead atoms. The molecular weight excluding hydrogens is 262 g/mol. The number of phenols is 1. The number of fused-ring (bicyclic) bond motifs is 1. The Morgan fingerprint density at radius 1 is 1.42 bits per heavy atom. The molecule has 0 saturated carbocycles. The molecule has 1 aliphatic carbocycles. The maximum atomic E-state index is 11.1. The molecule has 0 heterocycles. The summed E-state index contributed by atoms with van der Waals surface area (Å²) in [5.41, 5.74) is 2.44. The van der Waals surface area contributed by atoms with Crippen molar-refractivity contribution >= 4 is 9.84 Å². The number of hydrogen-bond acceptors (Lipinski definition) is 4. The van der Waals surface area contributed by atoms with Crippen LogP contribution >= 0.6 is 0 Å². The number of aromatic hydroxyl groups is 1. The summed E-state index contributed by atoms with van der Waals surface area (Å²) in [6.07, 6.45) is 5.08. The molecule has 2 rings (SSSR count). The van der Waals surface area contributed by atoms with Gasteiger partial charge in [-0.3, -0.25) is 0 Å². The van der Waals surface area contributed by atoms with Crippen LogP contribution in [0.25, 0.3) is 0 Å². The van der Waals surface area contributed by atoms with E-state index >= 15 is 0 Å². The van der Waals surface area contributed by atoms with Gasteiger partial charge in [0, 0.05) is 12.3 Å². The van der Waals surface area contributed by atoms with Gasteiger partial charge in [-0.05, 0) is 55.5 Å². The van der Waals surface area contributed by atoms with Crippen LogP contribution in [0.2, 0.25) is 0 Å². The zero-order valence-electron chi connectivity index (χ0n) is 11.2. The van der Waals surface area contributed by atoms with Gasteiger partial charge in [0.25, 0.3) is 0 Å². The fourth-order valence-corrected chi connectivity index (χ4v) is 3.29. The number of benzene rings is 1. The second-order valence-electron chi connectivity index (χ2n) is 5.27. The van der Waals surface area contributed by atoms with Gasteiger partial charge in [0.2, 0.25) is 0 Å². The van der Waals surface area contributed by atoms with Crippen LogP contribution in [0.15, 0.2) is 18.2 Å². The third-order valence-electron chi connectivity index (χ3n) is 3.52. The van der Waals surface area contributed by atoms with Gasteiger partial charge in [-0.15, -0.1) is 0 Å². The number of phenolic OH excluding ortho intramolecular Hbond substituents is 1. The minimum absolute atomic E-state index is 0.231. The first-order valence-corrected chi connectivity index (χ1v) is 8.75. The summed E-state index contributed by atoms with van der Waals surface area (Å²) in [5, 5.41) is 12.9. The zero-order valence-corrected chi connectivity index (χ0v) is 12.0. The Morgan fingerprint density at radius 2 is 2.21 bits per heavy atom. The Kier molecular flexibility index (Phi) is 4.47. The van der Waals surface area contributed by atoms with Crippen LogP contribution in [0.4, 0.5) is 0 Å². The largest absolute Gasteiger partial charge is 0.508 e. The lowest BCUT2D eigenvalue weighted by molar-refractivity contribution is 0.450. The van der Waals surface area contributed by atoms with Crippen molar-refractivity contribution in [2.24, 2.45) is 0 Å². The van der Waals surface area contributed by atoms with E-state index in [9.17, 15) is 13.5 Å². The minimum atomic E-state index is -2.87. The van der Waals surface area contributed by atoms with E-state index in [0.29, 0.717) is 18.7 Å². The third kappa shape index (κ3) is 4.21. The molecule has 1 aromatic carbocycles. The summed E-state index contributed by atoms with van der Waals surface area (Å²) in [4.78, 5) is 0. The molecule has 19 heavy (non-hydrogen) atoms. The van der Waals surface area contributed by atoms with Gasteiger partial charge in [-0.1, -0.05) is 6.07 Å². The summed E-state index contributed by atoms with van der Waals surface area (Å²) in [6.45, 7) is 0.706. The quantitative estimate of drug-likeness (QED) is 0.809. The van der Waals surface area contributed by atoms with Crippen molar-refractivity contribution in [3.63, 3.8) is 0 Å². The molecule has 0 fully saturated rings. The second kappa shape index (κ2) is 5.92. The highest BCUT2D eigenvalue weighted by molar-refractivity contribution is 7.90. The average Bonchev–Trinajstić information content (AvgIpc) is 2.33. The highest BCUT2D eigenvalue weighted by Crippen LogP contribution is 2.31. The predicted octanol–water partition coefficient (Wildman–Crippen LogP) is 1.79. The highest BCUT2D eigenvalue weighted by atomic mass is 32.2. The SMILES string of the molecule is CS(=O)(=O)CCCNC1CCCc2cc(O)ccc21. The Hall–Kier alpha value is -1.07. The number of rotatable bonds is 5. The summed E-state index contributed by atoms with van der Waals surface area (Å²) in [7, 11) is -2.87. The summed E-state index contributed by atoms with van der Waals surface area (Å²) >= 11 is 0. The molecule has 0 aliphatic heterocycles. The summed E-state index contributed by atoms with van der Waals surface area (Å²) in [5.74, 6) is 0.547. The highest BCUT2D eigenvalue weighted by Gasteiger charge is 2.19. The van der Waals surface area contributed by atoms with Gasteiger partial charge in [0.1, 0.15) is 15.6 Å². The molecule has 4 nitrogen and oxygen atoms in total. The van der Waals surface area contributed by atoms with E-state index in [1.165, 1.54) is 17.4 Å². The molecule has 1 unspecified atom stereocenters. The van der Waals surface area contributed by atoms with E-state index in [2.05, 4.69) is 5.32 Å². The van der Waals surface area contributed by atoms with Crippen LogP contribution in [0.3, 0.4) is 0 Å². The van der Waals surface area contributed by atoms with E-state index in [-0.39, 0.29) is 11.8 Å². The van der Waals surface area contributed by atoms with Gasteiger partial charge < -0.3 is 10.4 Å². The molecule has 1 atom stereocenters. The molecule has 0 saturated heterocycles. The molecule has 0 spiro atoms. The lowest BCUT2D eigenvalue weighted by Crippen LogP contribution is -2.27. The predicted molar refractivity (Wildman–Crippen MR) is 76.1 cm³/mol. The molecule has 2 N–H and O–H groups in total. The van der Waals surface area contributed by atoms with Crippen LogP contribution in [-0.4, -0.2) is 32.1 Å². The number of hydrogen-bond donors (Lipinski definition) is 2. The Morgan fingerprint density at radius 3 is 2.95 bits per heavy atom. The lowest BCUT2D eigenvalue weighted by Gasteiger charge is -2.26. The smallest absolute Gasteiger partial charge is 0.147 e. The van der Waals surface area contributed by atoms with Gasteiger partial charge in [-0.2, -0.15) is 0 Å². The Bertz CT molecular complexity index is 540. The minimum Gasteiger partial charge on any atom is -0.508 e. The first kappa shape index (κ1) is 14.3. The van der Waals surface area contributed by atoms with Crippen LogP contribution < -0.4 is 5.32 Å². The molecule has 0 radical (unpaired) electrons. The first-order chi connectivity index (χ1) is 8.96. The van der Waals surface area contributed by atoms with Crippen molar-refractivity contribution in [3.05, 3.63) is 29.3 Å². The van der Waals surface area contributed by atoms with Crippen molar-refractivity contribution in [2.75, 3.05) is 18.6 Å². The third-order valence-corrected chi connectivity index (χ3v) is 4.55. The van der Waals surface area contributed by atoms with Gasteiger partial charge >= 0.3 is 0 Å².